The summed E-state index contributed by atoms with van der Waals surface area (Å²) < 4.78 is 10.8. The molecule has 1 fully saturated rings. The molecule has 1 aliphatic rings. The Morgan fingerprint density at radius 3 is 2.55 bits per heavy atom. The van der Waals surface area contributed by atoms with Gasteiger partial charge in [0.25, 0.3) is 0 Å². The first kappa shape index (κ1) is 15.1. The molecular formula is C16H26N2O2. The van der Waals surface area contributed by atoms with E-state index in [2.05, 4.69) is 23.2 Å². The Hall–Kier alpha value is -1.26. The molecule has 0 amide bonds. The average Bonchev–Trinajstić information content (AvgIpc) is 3.33. The van der Waals surface area contributed by atoms with Crippen molar-refractivity contribution in [1.29, 1.82) is 0 Å². The third kappa shape index (κ3) is 3.44. The van der Waals surface area contributed by atoms with Crippen LogP contribution < -0.4 is 14.8 Å². The van der Waals surface area contributed by atoms with Crippen molar-refractivity contribution in [3.63, 3.8) is 0 Å². The summed E-state index contributed by atoms with van der Waals surface area (Å²) in [5, 5.41) is 3.42. The van der Waals surface area contributed by atoms with Crippen molar-refractivity contribution in [2.45, 2.75) is 31.8 Å². The molecule has 0 aromatic heterocycles. The zero-order chi connectivity index (χ0) is 14.5. The lowest BCUT2D eigenvalue weighted by Crippen LogP contribution is -2.35. The van der Waals surface area contributed by atoms with E-state index in [1.165, 1.54) is 18.4 Å². The van der Waals surface area contributed by atoms with E-state index in [1.807, 2.05) is 19.2 Å². The molecule has 1 N–H and O–H groups in total. The highest BCUT2D eigenvalue weighted by atomic mass is 16.5. The predicted octanol–water partition coefficient (Wildman–Crippen LogP) is 2.45. The number of ether oxygens (including phenoxy) is 2. The third-order valence-corrected chi connectivity index (χ3v) is 4.05. The molecule has 1 aromatic rings. The molecule has 0 spiro atoms. The summed E-state index contributed by atoms with van der Waals surface area (Å²) in [5.74, 6) is 1.71. The molecule has 2 rings (SSSR count). The van der Waals surface area contributed by atoms with Gasteiger partial charge in [-0.15, -0.1) is 0 Å². The molecule has 1 atom stereocenters. The van der Waals surface area contributed by atoms with E-state index in [0.717, 1.165) is 30.6 Å². The van der Waals surface area contributed by atoms with Gasteiger partial charge in [0.15, 0.2) is 0 Å². The van der Waals surface area contributed by atoms with E-state index in [4.69, 9.17) is 9.47 Å². The van der Waals surface area contributed by atoms with Crippen molar-refractivity contribution in [1.82, 2.24) is 10.2 Å². The van der Waals surface area contributed by atoms with Crippen LogP contribution in [0.3, 0.4) is 0 Å². The van der Waals surface area contributed by atoms with Crippen molar-refractivity contribution in [2.75, 3.05) is 34.4 Å². The maximum Gasteiger partial charge on any atom is 0.127 e. The molecule has 1 saturated carbocycles. The van der Waals surface area contributed by atoms with Gasteiger partial charge in [-0.2, -0.15) is 0 Å². The van der Waals surface area contributed by atoms with Gasteiger partial charge in [-0.1, -0.05) is 13.0 Å². The second-order valence-corrected chi connectivity index (χ2v) is 5.27. The van der Waals surface area contributed by atoms with Crippen molar-refractivity contribution < 1.29 is 9.47 Å². The van der Waals surface area contributed by atoms with Gasteiger partial charge in [-0.3, -0.25) is 4.90 Å². The zero-order valence-corrected chi connectivity index (χ0v) is 13.0. The monoisotopic (exact) mass is 278 g/mol. The molecule has 0 aliphatic heterocycles. The molecule has 112 valence electrons. The summed E-state index contributed by atoms with van der Waals surface area (Å²) in [4.78, 5) is 2.55. The maximum absolute atomic E-state index is 5.52. The lowest BCUT2D eigenvalue weighted by atomic mass is 10.0. The van der Waals surface area contributed by atoms with Crippen molar-refractivity contribution in [3.05, 3.63) is 23.8 Å². The standard InChI is InChI=1S/C16H26N2O2/c1-5-18(12-6-7-12)11-15(17-2)14-9-8-13(19-3)10-16(14)20-4/h8-10,12,15,17H,5-7,11H2,1-4H3. The first-order valence-corrected chi connectivity index (χ1v) is 7.36. The second kappa shape index (κ2) is 6.95. The average molecular weight is 278 g/mol. The fourth-order valence-electron chi connectivity index (χ4n) is 2.66. The minimum Gasteiger partial charge on any atom is -0.497 e. The van der Waals surface area contributed by atoms with Gasteiger partial charge in [0.1, 0.15) is 11.5 Å². The summed E-state index contributed by atoms with van der Waals surface area (Å²) in [6.07, 6.45) is 2.67. The third-order valence-electron chi connectivity index (χ3n) is 4.05. The smallest absolute Gasteiger partial charge is 0.127 e. The van der Waals surface area contributed by atoms with E-state index in [0.29, 0.717) is 0 Å². The van der Waals surface area contributed by atoms with Gasteiger partial charge < -0.3 is 14.8 Å². The Kier molecular flexibility index (Phi) is 5.26. The van der Waals surface area contributed by atoms with Crippen LogP contribution in [0, 0.1) is 0 Å². The van der Waals surface area contributed by atoms with Gasteiger partial charge in [-0.25, -0.2) is 0 Å². The highest BCUT2D eigenvalue weighted by molar-refractivity contribution is 5.42. The van der Waals surface area contributed by atoms with Crippen LogP contribution in [-0.2, 0) is 0 Å². The molecule has 1 aliphatic carbocycles. The van der Waals surface area contributed by atoms with Crippen LogP contribution in [0.15, 0.2) is 18.2 Å². The van der Waals surface area contributed by atoms with Gasteiger partial charge >= 0.3 is 0 Å². The van der Waals surface area contributed by atoms with Crippen LogP contribution in [0.1, 0.15) is 31.4 Å². The van der Waals surface area contributed by atoms with Gasteiger partial charge in [-0.05, 0) is 32.5 Å². The lowest BCUT2D eigenvalue weighted by molar-refractivity contribution is 0.246. The predicted molar refractivity (Wildman–Crippen MR) is 81.6 cm³/mol. The van der Waals surface area contributed by atoms with Crippen LogP contribution in [0.4, 0.5) is 0 Å². The number of hydrogen-bond acceptors (Lipinski definition) is 4. The van der Waals surface area contributed by atoms with Crippen LogP contribution in [0.2, 0.25) is 0 Å². The normalized spacial score (nSPS) is 16.2. The molecular weight excluding hydrogens is 252 g/mol. The number of likely N-dealkylation sites (N-methyl/N-ethyl adjacent to an activating group) is 2. The minimum absolute atomic E-state index is 0.274. The minimum atomic E-state index is 0.274. The molecule has 4 nitrogen and oxygen atoms in total. The Labute approximate surface area is 122 Å². The summed E-state index contributed by atoms with van der Waals surface area (Å²) >= 11 is 0. The first-order valence-electron chi connectivity index (χ1n) is 7.36. The fraction of sp³-hybridized carbons (Fsp3) is 0.625. The molecule has 20 heavy (non-hydrogen) atoms. The molecule has 0 bridgehead atoms. The summed E-state index contributed by atoms with van der Waals surface area (Å²) in [5.41, 5.74) is 1.19. The van der Waals surface area contributed by atoms with E-state index in [9.17, 15) is 0 Å². The van der Waals surface area contributed by atoms with E-state index < -0.39 is 0 Å². The Morgan fingerprint density at radius 1 is 1.30 bits per heavy atom. The molecule has 4 heteroatoms. The molecule has 1 unspecified atom stereocenters. The summed E-state index contributed by atoms with van der Waals surface area (Å²) in [7, 11) is 5.40. The number of benzene rings is 1. The first-order chi connectivity index (χ1) is 9.73. The number of methoxy groups -OCH3 is 2. The lowest BCUT2D eigenvalue weighted by Gasteiger charge is -2.27. The van der Waals surface area contributed by atoms with E-state index >= 15 is 0 Å². The number of hydrogen-bond donors (Lipinski definition) is 1. The topological polar surface area (TPSA) is 33.7 Å². The van der Waals surface area contributed by atoms with E-state index in [-0.39, 0.29) is 6.04 Å². The Bertz CT molecular complexity index is 432. The number of nitrogens with zero attached hydrogens (tertiary/aromatic N) is 1. The highest BCUT2D eigenvalue weighted by Crippen LogP contribution is 2.32. The Morgan fingerprint density at radius 2 is 2.05 bits per heavy atom. The van der Waals surface area contributed by atoms with Crippen LogP contribution in [-0.4, -0.2) is 45.3 Å². The van der Waals surface area contributed by atoms with Crippen LogP contribution in [0.5, 0.6) is 11.5 Å². The van der Waals surface area contributed by atoms with Gasteiger partial charge in [0, 0.05) is 30.3 Å². The van der Waals surface area contributed by atoms with Crippen molar-refractivity contribution in [2.24, 2.45) is 0 Å². The molecule has 0 saturated heterocycles. The molecule has 1 aromatic carbocycles. The Balaban J connectivity index is 2.17. The zero-order valence-electron chi connectivity index (χ0n) is 13.0. The van der Waals surface area contributed by atoms with Crippen molar-refractivity contribution >= 4 is 0 Å². The second-order valence-electron chi connectivity index (χ2n) is 5.27. The quantitative estimate of drug-likeness (QED) is 0.792. The van der Waals surface area contributed by atoms with Crippen LogP contribution in [0.25, 0.3) is 0 Å². The molecule has 0 heterocycles. The summed E-state index contributed by atoms with van der Waals surface area (Å²) in [6.45, 7) is 4.35. The van der Waals surface area contributed by atoms with Gasteiger partial charge in [0.05, 0.1) is 14.2 Å². The van der Waals surface area contributed by atoms with Crippen LogP contribution >= 0.6 is 0 Å². The number of nitrogens with one attached hydrogen (secondary N) is 1. The highest BCUT2D eigenvalue weighted by Gasteiger charge is 2.30. The van der Waals surface area contributed by atoms with Gasteiger partial charge in [0.2, 0.25) is 0 Å². The molecule has 0 radical (unpaired) electrons. The van der Waals surface area contributed by atoms with E-state index in [1.54, 1.807) is 14.2 Å². The number of rotatable bonds is 8. The maximum atomic E-state index is 5.52. The largest absolute Gasteiger partial charge is 0.497 e. The van der Waals surface area contributed by atoms with Crippen molar-refractivity contribution in [3.8, 4) is 11.5 Å². The summed E-state index contributed by atoms with van der Waals surface area (Å²) in [6, 6.07) is 7.10. The fourth-order valence-corrected chi connectivity index (χ4v) is 2.66. The SMILES string of the molecule is CCN(CC(NC)c1ccc(OC)cc1OC)C1CC1.